The number of benzene rings is 1. The maximum absolute atomic E-state index is 13.6. The Morgan fingerprint density at radius 3 is 2.91 bits per heavy atom. The van der Waals surface area contributed by atoms with Crippen LogP contribution in [0.5, 0.6) is 0 Å². The van der Waals surface area contributed by atoms with Crippen LogP contribution in [0.3, 0.4) is 0 Å². The van der Waals surface area contributed by atoms with Crippen molar-refractivity contribution < 1.29 is 18.7 Å². The Kier molecular flexibility index (Phi) is 4.55. The van der Waals surface area contributed by atoms with E-state index in [0.717, 1.165) is 0 Å². The lowest BCUT2D eigenvalue weighted by Crippen LogP contribution is -2.41. The summed E-state index contributed by atoms with van der Waals surface area (Å²) in [6.45, 7) is 0.918. The van der Waals surface area contributed by atoms with Crippen molar-refractivity contribution in [2.75, 3.05) is 20.2 Å². The van der Waals surface area contributed by atoms with E-state index in [0.29, 0.717) is 25.1 Å². The zero-order valence-corrected chi connectivity index (χ0v) is 13.5. The number of carbonyl (C=O) groups is 2. The van der Waals surface area contributed by atoms with E-state index in [4.69, 9.17) is 16.3 Å². The van der Waals surface area contributed by atoms with Gasteiger partial charge in [-0.2, -0.15) is 0 Å². The molecule has 1 aromatic carbocycles. The van der Waals surface area contributed by atoms with Crippen molar-refractivity contribution in [3.63, 3.8) is 0 Å². The molecule has 2 aliphatic rings. The number of likely N-dealkylation sites (tertiary alicyclic amines) is 1. The molecule has 0 aromatic heterocycles. The van der Waals surface area contributed by atoms with Crippen LogP contribution in [0.1, 0.15) is 24.5 Å². The fourth-order valence-corrected chi connectivity index (χ4v) is 3.21. The lowest BCUT2D eigenvalue weighted by molar-refractivity contribution is -0.128. The molecule has 1 N–H and O–H groups in total. The molecule has 3 rings (SSSR count). The van der Waals surface area contributed by atoms with Gasteiger partial charge < -0.3 is 15.0 Å². The third-order valence-corrected chi connectivity index (χ3v) is 4.71. The molecule has 1 aromatic rings. The van der Waals surface area contributed by atoms with E-state index >= 15 is 0 Å². The van der Waals surface area contributed by atoms with Crippen LogP contribution in [0, 0.1) is 11.7 Å². The van der Waals surface area contributed by atoms with Gasteiger partial charge in [-0.05, 0) is 24.1 Å². The number of halogens is 2. The van der Waals surface area contributed by atoms with Crippen molar-refractivity contribution in [2.45, 2.75) is 25.0 Å². The first-order valence-electron chi connectivity index (χ1n) is 7.56. The van der Waals surface area contributed by atoms with E-state index in [1.54, 1.807) is 18.0 Å². The predicted octanol–water partition coefficient (Wildman–Crippen LogP) is 1.90. The number of rotatable bonds is 3. The van der Waals surface area contributed by atoms with Crippen molar-refractivity contribution in [1.29, 1.82) is 0 Å². The summed E-state index contributed by atoms with van der Waals surface area (Å²) in [6.07, 6.45) is 0.480. The van der Waals surface area contributed by atoms with Crippen LogP contribution < -0.4 is 5.32 Å². The van der Waals surface area contributed by atoms with Gasteiger partial charge in [0.1, 0.15) is 11.9 Å². The molecule has 2 aliphatic heterocycles. The number of nitrogens with one attached hydrogen (secondary N) is 1. The molecular formula is C16H18ClFN2O3. The van der Waals surface area contributed by atoms with E-state index in [9.17, 15) is 14.0 Å². The van der Waals surface area contributed by atoms with Gasteiger partial charge >= 0.3 is 0 Å². The largest absolute Gasteiger partial charge is 0.371 e. The maximum atomic E-state index is 13.6. The second-order valence-electron chi connectivity index (χ2n) is 6.04. The summed E-state index contributed by atoms with van der Waals surface area (Å²) in [5.41, 5.74) is 0.648. The molecule has 23 heavy (non-hydrogen) atoms. The molecular weight excluding hydrogens is 323 g/mol. The van der Waals surface area contributed by atoms with Gasteiger partial charge in [-0.3, -0.25) is 9.59 Å². The van der Waals surface area contributed by atoms with E-state index in [1.807, 2.05) is 0 Å². The highest BCUT2D eigenvalue weighted by atomic mass is 35.5. The number of ether oxygens (including phenoxy) is 1. The first-order valence-corrected chi connectivity index (χ1v) is 7.94. The Hall–Kier alpha value is -1.66. The van der Waals surface area contributed by atoms with E-state index < -0.39 is 11.9 Å². The standard InChI is InChI=1S/C16H18ClFN2O3/c1-20-8-10(7-14(20)21)16(22)19-13-4-5-23-15(13)9-2-3-11(17)12(18)6-9/h2-3,6,10,13,15H,4-5,7-8H2,1H3,(H,19,22)/t10-,13-,15+/m1/s1. The SMILES string of the molecule is CN1C[C@H](C(=O)N[C@@H]2CCO[C@H]2c2ccc(Cl)c(F)c2)CC1=O. The second-order valence-corrected chi connectivity index (χ2v) is 6.45. The molecule has 5 nitrogen and oxygen atoms in total. The monoisotopic (exact) mass is 340 g/mol. The van der Waals surface area contributed by atoms with Crippen LogP contribution in [-0.4, -0.2) is 43.0 Å². The minimum atomic E-state index is -0.507. The summed E-state index contributed by atoms with van der Waals surface area (Å²) in [4.78, 5) is 25.5. The third-order valence-electron chi connectivity index (χ3n) is 4.40. The highest BCUT2D eigenvalue weighted by Crippen LogP contribution is 2.31. The quantitative estimate of drug-likeness (QED) is 0.914. The van der Waals surface area contributed by atoms with Crippen LogP contribution in [-0.2, 0) is 14.3 Å². The lowest BCUT2D eigenvalue weighted by atomic mass is 10.0. The van der Waals surface area contributed by atoms with Crippen molar-refractivity contribution in [2.24, 2.45) is 5.92 Å². The summed E-state index contributed by atoms with van der Waals surface area (Å²) in [5, 5.41) is 3.00. The highest BCUT2D eigenvalue weighted by molar-refractivity contribution is 6.30. The molecule has 3 atom stereocenters. The Bertz CT molecular complexity index is 640. The molecule has 7 heteroatoms. The topological polar surface area (TPSA) is 58.6 Å². The molecule has 0 spiro atoms. The molecule has 0 aliphatic carbocycles. The summed E-state index contributed by atoms with van der Waals surface area (Å²) >= 11 is 5.70. The van der Waals surface area contributed by atoms with Gasteiger partial charge in [-0.1, -0.05) is 17.7 Å². The minimum Gasteiger partial charge on any atom is -0.371 e. The Balaban J connectivity index is 1.68. The summed E-state index contributed by atoms with van der Waals surface area (Å²) in [7, 11) is 1.69. The zero-order chi connectivity index (χ0) is 16.6. The molecule has 0 unspecified atom stereocenters. The normalized spacial score (nSPS) is 27.5. The minimum absolute atomic E-state index is 0.0239. The number of hydrogen-bond donors (Lipinski definition) is 1. The molecule has 2 amide bonds. The average Bonchev–Trinajstić information content (AvgIpc) is 3.09. The lowest BCUT2D eigenvalue weighted by Gasteiger charge is -2.22. The average molecular weight is 341 g/mol. The zero-order valence-electron chi connectivity index (χ0n) is 12.7. The highest BCUT2D eigenvalue weighted by Gasteiger charge is 2.36. The molecule has 2 fully saturated rings. The predicted molar refractivity (Wildman–Crippen MR) is 82.4 cm³/mol. The van der Waals surface area contributed by atoms with Crippen LogP contribution >= 0.6 is 11.6 Å². The van der Waals surface area contributed by atoms with Gasteiger partial charge in [-0.25, -0.2) is 4.39 Å². The molecule has 0 bridgehead atoms. The van der Waals surface area contributed by atoms with Crippen molar-refractivity contribution in [1.82, 2.24) is 10.2 Å². The van der Waals surface area contributed by atoms with E-state index in [-0.39, 0.29) is 35.2 Å². The smallest absolute Gasteiger partial charge is 0.225 e. The van der Waals surface area contributed by atoms with E-state index in [1.165, 1.54) is 12.1 Å². The fraction of sp³-hybridized carbons (Fsp3) is 0.500. The Morgan fingerprint density at radius 2 is 2.26 bits per heavy atom. The Morgan fingerprint density at radius 1 is 1.48 bits per heavy atom. The molecule has 2 saturated heterocycles. The van der Waals surface area contributed by atoms with Crippen LogP contribution in [0.2, 0.25) is 5.02 Å². The number of hydrogen-bond acceptors (Lipinski definition) is 3. The van der Waals surface area contributed by atoms with Crippen molar-refractivity contribution in [3.05, 3.63) is 34.6 Å². The molecule has 124 valence electrons. The van der Waals surface area contributed by atoms with Gasteiger partial charge in [0.15, 0.2) is 0 Å². The number of amides is 2. The van der Waals surface area contributed by atoms with Gasteiger partial charge in [0, 0.05) is 26.6 Å². The van der Waals surface area contributed by atoms with E-state index in [2.05, 4.69) is 5.32 Å². The van der Waals surface area contributed by atoms with Gasteiger partial charge in [0.25, 0.3) is 0 Å². The number of nitrogens with zero attached hydrogens (tertiary/aromatic N) is 1. The fourth-order valence-electron chi connectivity index (χ4n) is 3.10. The Labute approximate surface area is 138 Å². The maximum Gasteiger partial charge on any atom is 0.225 e. The van der Waals surface area contributed by atoms with Crippen molar-refractivity contribution in [3.8, 4) is 0 Å². The number of carbonyl (C=O) groups excluding carboxylic acids is 2. The van der Waals surface area contributed by atoms with Gasteiger partial charge in [-0.15, -0.1) is 0 Å². The van der Waals surface area contributed by atoms with Crippen LogP contribution in [0.25, 0.3) is 0 Å². The molecule has 0 saturated carbocycles. The molecule has 0 radical (unpaired) electrons. The second kappa shape index (κ2) is 6.45. The first kappa shape index (κ1) is 16.2. The van der Waals surface area contributed by atoms with Crippen LogP contribution in [0.15, 0.2) is 18.2 Å². The van der Waals surface area contributed by atoms with Gasteiger partial charge in [0.2, 0.25) is 11.8 Å². The third kappa shape index (κ3) is 3.33. The van der Waals surface area contributed by atoms with Crippen LogP contribution in [0.4, 0.5) is 4.39 Å². The summed E-state index contributed by atoms with van der Waals surface area (Å²) < 4.78 is 19.3. The summed E-state index contributed by atoms with van der Waals surface area (Å²) in [6, 6.07) is 4.29. The summed E-state index contributed by atoms with van der Waals surface area (Å²) in [5.74, 6) is -1.02. The van der Waals surface area contributed by atoms with Crippen molar-refractivity contribution >= 4 is 23.4 Å². The van der Waals surface area contributed by atoms with Gasteiger partial charge in [0.05, 0.1) is 17.0 Å². The molecule has 2 heterocycles. The first-order chi connectivity index (χ1) is 11.0.